The lowest BCUT2D eigenvalue weighted by Gasteiger charge is -2.35. The van der Waals surface area contributed by atoms with E-state index in [1.54, 1.807) is 12.1 Å². The molecule has 2 aromatic rings. The van der Waals surface area contributed by atoms with Crippen molar-refractivity contribution in [1.82, 2.24) is 9.62 Å². The molecule has 7 heteroatoms. The quantitative estimate of drug-likeness (QED) is 0.796. The van der Waals surface area contributed by atoms with Crippen molar-refractivity contribution in [3.63, 3.8) is 0 Å². The van der Waals surface area contributed by atoms with Gasteiger partial charge in [-0.3, -0.25) is 4.90 Å². The molecule has 1 aliphatic rings. The van der Waals surface area contributed by atoms with Gasteiger partial charge in [0.1, 0.15) is 0 Å². The van der Waals surface area contributed by atoms with Crippen molar-refractivity contribution in [1.29, 1.82) is 0 Å². The molecule has 3 rings (SSSR count). The first kappa shape index (κ1) is 20.3. The molecule has 1 unspecified atom stereocenters. The van der Waals surface area contributed by atoms with Crippen molar-refractivity contribution < 1.29 is 13.2 Å². The molecular weight excluding hydrogens is 384 g/mol. The van der Waals surface area contributed by atoms with Gasteiger partial charge >= 0.3 is 0 Å². The maximum atomic E-state index is 12.8. The van der Waals surface area contributed by atoms with Crippen LogP contribution in [0.5, 0.6) is 0 Å². The minimum Gasteiger partial charge on any atom is -0.379 e. The molecule has 0 saturated carbocycles. The van der Waals surface area contributed by atoms with E-state index in [1.165, 1.54) is 11.6 Å². The Morgan fingerprint density at radius 1 is 1.11 bits per heavy atom. The Morgan fingerprint density at radius 2 is 1.78 bits per heavy atom. The van der Waals surface area contributed by atoms with Crippen LogP contribution in [0.3, 0.4) is 0 Å². The highest BCUT2D eigenvalue weighted by atomic mass is 35.5. The second-order valence-corrected chi connectivity index (χ2v) is 9.01. The zero-order valence-electron chi connectivity index (χ0n) is 15.6. The maximum absolute atomic E-state index is 12.8. The van der Waals surface area contributed by atoms with E-state index >= 15 is 0 Å². The molecule has 1 atom stereocenters. The lowest BCUT2D eigenvalue weighted by Crippen LogP contribution is -2.43. The number of nitrogens with zero attached hydrogens (tertiary/aromatic N) is 1. The van der Waals surface area contributed by atoms with Crippen LogP contribution >= 0.6 is 11.6 Å². The van der Waals surface area contributed by atoms with Crippen LogP contribution in [0.4, 0.5) is 0 Å². The number of hydrogen-bond acceptors (Lipinski definition) is 4. The van der Waals surface area contributed by atoms with Gasteiger partial charge in [0.2, 0.25) is 10.0 Å². The third-order valence-corrected chi connectivity index (χ3v) is 6.70. The predicted octanol–water partition coefficient (Wildman–Crippen LogP) is 3.31. The smallest absolute Gasteiger partial charge is 0.240 e. The number of halogens is 1. The molecule has 5 nitrogen and oxygen atoms in total. The summed E-state index contributed by atoms with van der Waals surface area (Å²) in [4.78, 5) is 2.45. The van der Waals surface area contributed by atoms with Gasteiger partial charge in [0.25, 0.3) is 0 Å². The third kappa shape index (κ3) is 5.09. The lowest BCUT2D eigenvalue weighted by atomic mass is 10.0. The van der Waals surface area contributed by atoms with Gasteiger partial charge in [0.05, 0.1) is 18.1 Å². The fourth-order valence-corrected chi connectivity index (χ4v) is 4.46. The third-order valence-electron chi connectivity index (χ3n) is 4.87. The second-order valence-electron chi connectivity index (χ2n) is 6.84. The molecular formula is C20H25ClN2O3S. The first-order chi connectivity index (χ1) is 12.9. The highest BCUT2D eigenvalue weighted by Crippen LogP contribution is 2.24. The van der Waals surface area contributed by atoms with Gasteiger partial charge in [-0.2, -0.15) is 0 Å². The molecule has 0 aliphatic carbocycles. The van der Waals surface area contributed by atoms with Crippen molar-refractivity contribution in [3.05, 3.63) is 64.2 Å². The summed E-state index contributed by atoms with van der Waals surface area (Å²) in [5, 5.41) is 0.445. The molecule has 0 amide bonds. The van der Waals surface area contributed by atoms with Crippen LogP contribution in [0.1, 0.15) is 22.7 Å². The number of rotatable bonds is 6. The number of benzene rings is 2. The summed E-state index contributed by atoms with van der Waals surface area (Å²) in [5.41, 5.74) is 3.11. The van der Waals surface area contributed by atoms with Crippen molar-refractivity contribution in [2.45, 2.75) is 24.8 Å². The SMILES string of the molecule is Cc1ccc(C(CNS(=O)(=O)c2ccc(C)c(Cl)c2)N2CCOCC2)cc1. The molecule has 0 spiro atoms. The van der Waals surface area contributed by atoms with Gasteiger partial charge in [-0.25, -0.2) is 13.1 Å². The minimum absolute atomic E-state index is 0.0507. The predicted molar refractivity (Wildman–Crippen MR) is 108 cm³/mol. The molecule has 1 fully saturated rings. The van der Waals surface area contributed by atoms with Gasteiger partial charge in [0.15, 0.2) is 0 Å². The zero-order valence-corrected chi connectivity index (χ0v) is 17.2. The highest BCUT2D eigenvalue weighted by Gasteiger charge is 2.25. The number of nitrogens with one attached hydrogen (secondary N) is 1. The maximum Gasteiger partial charge on any atom is 0.240 e. The Balaban J connectivity index is 1.80. The minimum atomic E-state index is -3.64. The summed E-state index contributed by atoms with van der Waals surface area (Å²) in [6.45, 7) is 7.03. The summed E-state index contributed by atoms with van der Waals surface area (Å²) in [6.07, 6.45) is 0. The number of morpholine rings is 1. The fraction of sp³-hybridized carbons (Fsp3) is 0.400. The van der Waals surface area contributed by atoms with E-state index < -0.39 is 10.0 Å². The first-order valence-electron chi connectivity index (χ1n) is 9.01. The Bertz CT molecular complexity index is 879. The van der Waals surface area contributed by atoms with E-state index in [1.807, 2.05) is 13.8 Å². The van der Waals surface area contributed by atoms with Crippen molar-refractivity contribution in [2.24, 2.45) is 0 Å². The van der Waals surface area contributed by atoms with E-state index in [0.29, 0.717) is 18.2 Å². The monoisotopic (exact) mass is 408 g/mol. The number of aryl methyl sites for hydroxylation is 2. The lowest BCUT2D eigenvalue weighted by molar-refractivity contribution is 0.0172. The van der Waals surface area contributed by atoms with Crippen molar-refractivity contribution >= 4 is 21.6 Å². The topological polar surface area (TPSA) is 58.6 Å². The number of sulfonamides is 1. The molecule has 1 heterocycles. The molecule has 1 saturated heterocycles. The summed E-state index contributed by atoms with van der Waals surface area (Å²) >= 11 is 6.10. The molecule has 27 heavy (non-hydrogen) atoms. The summed E-state index contributed by atoms with van der Waals surface area (Å²) in [6, 6.07) is 13.0. The second kappa shape index (κ2) is 8.71. The van der Waals surface area contributed by atoms with Crippen LogP contribution in [0.25, 0.3) is 0 Å². The zero-order chi connectivity index (χ0) is 19.4. The molecule has 146 valence electrons. The van der Waals surface area contributed by atoms with Gasteiger partial charge < -0.3 is 4.74 Å². The molecule has 0 bridgehead atoms. The van der Waals surface area contributed by atoms with Gasteiger partial charge in [0, 0.05) is 30.7 Å². The van der Waals surface area contributed by atoms with Crippen molar-refractivity contribution in [2.75, 3.05) is 32.8 Å². The van der Waals surface area contributed by atoms with Gasteiger partial charge in [-0.05, 0) is 37.1 Å². The van der Waals surface area contributed by atoms with Crippen LogP contribution in [0, 0.1) is 13.8 Å². The number of hydrogen-bond donors (Lipinski definition) is 1. The fourth-order valence-electron chi connectivity index (χ4n) is 3.15. The van der Waals surface area contributed by atoms with E-state index in [9.17, 15) is 8.42 Å². The number of ether oxygens (including phenoxy) is 1. The van der Waals surface area contributed by atoms with E-state index in [4.69, 9.17) is 16.3 Å². The molecule has 0 aromatic heterocycles. The van der Waals surface area contributed by atoms with E-state index in [0.717, 1.165) is 24.2 Å². The van der Waals surface area contributed by atoms with Crippen LogP contribution < -0.4 is 4.72 Å². The average Bonchev–Trinajstić information content (AvgIpc) is 2.66. The first-order valence-corrected chi connectivity index (χ1v) is 10.9. The van der Waals surface area contributed by atoms with Gasteiger partial charge in [-0.1, -0.05) is 47.5 Å². The largest absolute Gasteiger partial charge is 0.379 e. The van der Waals surface area contributed by atoms with E-state index in [2.05, 4.69) is 33.9 Å². The highest BCUT2D eigenvalue weighted by molar-refractivity contribution is 7.89. The Kier molecular flexibility index (Phi) is 6.55. The van der Waals surface area contributed by atoms with Crippen LogP contribution in [-0.2, 0) is 14.8 Å². The Morgan fingerprint density at radius 3 is 2.41 bits per heavy atom. The van der Waals surface area contributed by atoms with Crippen molar-refractivity contribution in [3.8, 4) is 0 Å². The Hall–Kier alpha value is -1.44. The molecule has 0 radical (unpaired) electrons. The van der Waals surface area contributed by atoms with Gasteiger partial charge in [-0.15, -0.1) is 0 Å². The molecule has 1 N–H and O–H groups in total. The normalized spacial score (nSPS) is 17.0. The molecule has 1 aliphatic heterocycles. The summed E-state index contributed by atoms with van der Waals surface area (Å²) < 4.78 is 33.7. The standard InChI is InChI=1S/C20H25ClN2O3S/c1-15-3-6-17(7-4-15)20(23-9-11-26-12-10-23)14-22-27(24,25)18-8-5-16(2)19(21)13-18/h3-8,13,20,22H,9-12,14H2,1-2H3. The van der Waals surface area contributed by atoms with Crippen LogP contribution in [-0.4, -0.2) is 46.2 Å². The van der Waals surface area contributed by atoms with E-state index in [-0.39, 0.29) is 17.5 Å². The average molecular weight is 409 g/mol. The Labute approximate surface area is 166 Å². The van der Waals surface area contributed by atoms with Crippen LogP contribution in [0.15, 0.2) is 47.4 Å². The molecule has 2 aromatic carbocycles. The summed E-state index contributed by atoms with van der Waals surface area (Å²) in [5.74, 6) is 0. The summed E-state index contributed by atoms with van der Waals surface area (Å²) in [7, 11) is -3.64. The van der Waals surface area contributed by atoms with Crippen LogP contribution in [0.2, 0.25) is 5.02 Å².